The molecule has 1 aromatic carbocycles. The first-order chi connectivity index (χ1) is 9.86. The van der Waals surface area contributed by atoms with Crippen molar-refractivity contribution >= 4 is 51.2 Å². The second-order valence-electron chi connectivity index (χ2n) is 4.07. The number of hydrogen-bond donors (Lipinski definition) is 3. The lowest BCUT2D eigenvalue weighted by Crippen LogP contribution is -2.20. The lowest BCUT2D eigenvalue weighted by molar-refractivity contribution is -0.142. The number of aliphatic carboxylic acids is 2. The SMILES string of the molecule is NC(=O)c1ccc2sc(SC(CC(=O)O)C(=O)O)nc2c1. The summed E-state index contributed by atoms with van der Waals surface area (Å²) in [5, 5.41) is 16.6. The number of nitrogens with zero attached hydrogens (tertiary/aromatic N) is 1. The van der Waals surface area contributed by atoms with E-state index in [9.17, 15) is 14.4 Å². The summed E-state index contributed by atoms with van der Waals surface area (Å²) in [6.07, 6.45) is -0.498. The van der Waals surface area contributed by atoms with E-state index in [2.05, 4.69) is 4.98 Å². The largest absolute Gasteiger partial charge is 0.481 e. The van der Waals surface area contributed by atoms with Gasteiger partial charge in [-0.25, -0.2) is 4.98 Å². The summed E-state index contributed by atoms with van der Waals surface area (Å²) in [5.41, 5.74) is 6.01. The van der Waals surface area contributed by atoms with Gasteiger partial charge >= 0.3 is 11.9 Å². The topological polar surface area (TPSA) is 131 Å². The van der Waals surface area contributed by atoms with Gasteiger partial charge in [-0.1, -0.05) is 11.8 Å². The second kappa shape index (κ2) is 6.10. The van der Waals surface area contributed by atoms with Gasteiger partial charge in [0, 0.05) is 5.56 Å². The Morgan fingerprint density at radius 3 is 2.62 bits per heavy atom. The minimum absolute atomic E-state index is 0.310. The molecule has 0 saturated heterocycles. The normalized spacial score (nSPS) is 12.2. The Morgan fingerprint density at radius 2 is 2.05 bits per heavy atom. The van der Waals surface area contributed by atoms with E-state index in [1.165, 1.54) is 17.4 Å². The third-order valence-electron chi connectivity index (χ3n) is 2.53. The number of primary amides is 1. The first-order valence-electron chi connectivity index (χ1n) is 5.68. The van der Waals surface area contributed by atoms with Gasteiger partial charge in [0.2, 0.25) is 5.91 Å². The van der Waals surface area contributed by atoms with Gasteiger partial charge < -0.3 is 15.9 Å². The molecule has 0 radical (unpaired) electrons. The molecule has 110 valence electrons. The summed E-state index contributed by atoms with van der Waals surface area (Å²) in [5.74, 6) is -2.97. The van der Waals surface area contributed by atoms with E-state index in [1.807, 2.05) is 0 Å². The van der Waals surface area contributed by atoms with E-state index in [1.54, 1.807) is 12.1 Å². The number of aromatic nitrogens is 1. The van der Waals surface area contributed by atoms with Crippen molar-refractivity contribution in [2.75, 3.05) is 0 Å². The van der Waals surface area contributed by atoms with Gasteiger partial charge in [0.15, 0.2) is 4.34 Å². The van der Waals surface area contributed by atoms with Crippen LogP contribution >= 0.6 is 23.1 Å². The number of carbonyl (C=O) groups excluding carboxylic acids is 1. The van der Waals surface area contributed by atoms with Crippen LogP contribution in [0.15, 0.2) is 22.5 Å². The van der Waals surface area contributed by atoms with Crippen molar-refractivity contribution in [3.05, 3.63) is 23.8 Å². The number of carbonyl (C=O) groups is 3. The van der Waals surface area contributed by atoms with Crippen LogP contribution in [0.2, 0.25) is 0 Å². The van der Waals surface area contributed by atoms with E-state index in [0.29, 0.717) is 15.4 Å². The quantitative estimate of drug-likeness (QED) is 0.684. The number of rotatable bonds is 6. The van der Waals surface area contributed by atoms with E-state index < -0.39 is 29.5 Å². The van der Waals surface area contributed by atoms with Gasteiger partial charge in [0.25, 0.3) is 0 Å². The maximum atomic E-state index is 11.1. The fourth-order valence-electron chi connectivity index (χ4n) is 1.57. The predicted octanol–water partition coefficient (Wildman–Crippen LogP) is 1.42. The summed E-state index contributed by atoms with van der Waals surface area (Å²) < 4.78 is 1.20. The number of fused-ring (bicyclic) bond motifs is 1. The Morgan fingerprint density at radius 1 is 1.33 bits per heavy atom. The number of hydrogen-bond acceptors (Lipinski definition) is 6. The number of carboxylic acids is 2. The molecule has 9 heteroatoms. The number of amides is 1. The number of thioether (sulfide) groups is 1. The van der Waals surface area contributed by atoms with Gasteiger partial charge in [0.05, 0.1) is 16.6 Å². The Hall–Kier alpha value is -2.13. The molecule has 1 amide bonds. The Balaban J connectivity index is 2.27. The summed E-state index contributed by atoms with van der Waals surface area (Å²) in [7, 11) is 0. The van der Waals surface area contributed by atoms with E-state index in [0.717, 1.165) is 16.5 Å². The zero-order valence-corrected chi connectivity index (χ0v) is 12.1. The van der Waals surface area contributed by atoms with Gasteiger partial charge in [-0.3, -0.25) is 14.4 Å². The van der Waals surface area contributed by atoms with Gasteiger partial charge in [0.1, 0.15) is 5.25 Å². The zero-order chi connectivity index (χ0) is 15.6. The molecule has 0 spiro atoms. The lowest BCUT2D eigenvalue weighted by Gasteiger charge is -2.06. The van der Waals surface area contributed by atoms with E-state index in [4.69, 9.17) is 15.9 Å². The molecule has 7 nitrogen and oxygen atoms in total. The molecular formula is C12H10N2O5S2. The monoisotopic (exact) mass is 326 g/mol. The highest BCUT2D eigenvalue weighted by Crippen LogP contribution is 2.33. The molecule has 2 rings (SSSR count). The summed E-state index contributed by atoms with van der Waals surface area (Å²) >= 11 is 2.11. The maximum Gasteiger partial charge on any atom is 0.317 e. The predicted molar refractivity (Wildman–Crippen MR) is 77.7 cm³/mol. The molecule has 1 unspecified atom stereocenters. The van der Waals surface area contributed by atoms with Crippen molar-refractivity contribution in [1.82, 2.24) is 4.98 Å². The number of nitrogens with two attached hydrogens (primary N) is 1. The minimum Gasteiger partial charge on any atom is -0.481 e. The molecule has 4 N–H and O–H groups in total. The summed E-state index contributed by atoms with van der Waals surface area (Å²) in [4.78, 5) is 37.0. The molecule has 1 aromatic heterocycles. The van der Waals surface area contributed by atoms with Crippen LogP contribution in [0, 0.1) is 0 Å². The average molecular weight is 326 g/mol. The Kier molecular flexibility index (Phi) is 4.43. The minimum atomic E-state index is -1.21. The second-order valence-corrected chi connectivity index (χ2v) is 6.55. The van der Waals surface area contributed by atoms with Crippen LogP contribution < -0.4 is 5.73 Å². The van der Waals surface area contributed by atoms with Crippen molar-refractivity contribution in [1.29, 1.82) is 0 Å². The Bertz CT molecular complexity index is 728. The zero-order valence-electron chi connectivity index (χ0n) is 10.5. The van der Waals surface area contributed by atoms with Crippen LogP contribution in [0.3, 0.4) is 0 Å². The van der Waals surface area contributed by atoms with E-state index in [-0.39, 0.29) is 0 Å². The first kappa shape index (κ1) is 15.3. The highest BCUT2D eigenvalue weighted by Gasteiger charge is 2.24. The molecule has 0 aliphatic rings. The molecule has 0 saturated carbocycles. The first-order valence-corrected chi connectivity index (χ1v) is 7.38. The van der Waals surface area contributed by atoms with Gasteiger partial charge in [-0.05, 0) is 18.2 Å². The molecule has 21 heavy (non-hydrogen) atoms. The summed E-state index contributed by atoms with van der Waals surface area (Å²) in [6, 6.07) is 4.75. The maximum absolute atomic E-state index is 11.1. The van der Waals surface area contributed by atoms with Crippen molar-refractivity contribution in [3.63, 3.8) is 0 Å². The van der Waals surface area contributed by atoms with Crippen LogP contribution in [0.4, 0.5) is 0 Å². The van der Waals surface area contributed by atoms with Crippen molar-refractivity contribution in [3.8, 4) is 0 Å². The number of benzene rings is 1. The van der Waals surface area contributed by atoms with Gasteiger partial charge in [-0.15, -0.1) is 11.3 Å². The van der Waals surface area contributed by atoms with Crippen molar-refractivity contribution in [2.45, 2.75) is 16.0 Å². The molecule has 1 atom stereocenters. The van der Waals surface area contributed by atoms with Crippen LogP contribution in [-0.4, -0.2) is 38.3 Å². The van der Waals surface area contributed by atoms with Crippen molar-refractivity contribution in [2.24, 2.45) is 5.73 Å². The highest BCUT2D eigenvalue weighted by atomic mass is 32.2. The third-order valence-corrected chi connectivity index (χ3v) is 4.85. The molecule has 0 aliphatic heterocycles. The average Bonchev–Trinajstić information content (AvgIpc) is 2.78. The molecule has 0 fully saturated rings. The molecule has 0 aliphatic carbocycles. The Labute approximate surface area is 126 Å². The van der Waals surface area contributed by atoms with Crippen LogP contribution in [0.1, 0.15) is 16.8 Å². The number of carboxylic acid groups (broad SMARTS) is 2. The lowest BCUT2D eigenvalue weighted by atomic mass is 10.2. The van der Waals surface area contributed by atoms with Crippen LogP contribution in [0.5, 0.6) is 0 Å². The third kappa shape index (κ3) is 3.70. The number of thiazole rings is 1. The highest BCUT2D eigenvalue weighted by molar-refractivity contribution is 8.02. The smallest absolute Gasteiger partial charge is 0.317 e. The fraction of sp³-hybridized carbons (Fsp3) is 0.167. The van der Waals surface area contributed by atoms with Crippen LogP contribution in [0.25, 0.3) is 10.2 Å². The molecule has 0 bridgehead atoms. The van der Waals surface area contributed by atoms with Crippen LogP contribution in [-0.2, 0) is 9.59 Å². The fourth-order valence-corrected chi connectivity index (χ4v) is 3.78. The molecule has 1 heterocycles. The van der Waals surface area contributed by atoms with Gasteiger partial charge in [-0.2, -0.15) is 0 Å². The molecular weight excluding hydrogens is 316 g/mol. The van der Waals surface area contributed by atoms with Crippen molar-refractivity contribution < 1.29 is 24.6 Å². The standard InChI is InChI=1S/C12H10N2O5S2/c13-10(17)5-1-2-7-6(3-5)14-12(20-7)21-8(11(18)19)4-9(15)16/h1-3,8H,4H2,(H2,13,17)(H,15,16)(H,18,19). The van der Waals surface area contributed by atoms with E-state index >= 15 is 0 Å². The molecule has 2 aromatic rings. The summed E-state index contributed by atoms with van der Waals surface area (Å²) in [6.45, 7) is 0.